The van der Waals surface area contributed by atoms with Crippen LogP contribution >= 0.6 is 0 Å². The highest BCUT2D eigenvalue weighted by Gasteiger charge is 2.29. The first kappa shape index (κ1) is 25.1. The predicted molar refractivity (Wildman–Crippen MR) is 148 cm³/mol. The summed E-state index contributed by atoms with van der Waals surface area (Å²) in [6.07, 6.45) is 5.69. The number of halogens is 1. The second-order valence-corrected chi connectivity index (χ2v) is 9.20. The molecule has 38 heavy (non-hydrogen) atoms. The second-order valence-electron chi connectivity index (χ2n) is 9.20. The van der Waals surface area contributed by atoms with Crippen LogP contribution < -0.4 is 20.3 Å². The predicted octanol–water partition coefficient (Wildman–Crippen LogP) is 4.46. The Labute approximate surface area is 220 Å². The maximum absolute atomic E-state index is 13.9. The molecule has 0 atom stereocenters. The number of nitrogens with zero attached hydrogens (tertiary/aromatic N) is 5. The van der Waals surface area contributed by atoms with Gasteiger partial charge in [-0.15, -0.1) is 0 Å². The number of hydrogen-bond donors (Lipinski definition) is 2. The summed E-state index contributed by atoms with van der Waals surface area (Å²) in [6.45, 7) is 5.41. The van der Waals surface area contributed by atoms with Crippen LogP contribution in [0, 0.1) is 5.82 Å². The maximum Gasteiger partial charge on any atom is 0.247 e. The van der Waals surface area contributed by atoms with Crippen molar-refractivity contribution < 1.29 is 13.9 Å². The molecule has 2 aromatic carbocycles. The van der Waals surface area contributed by atoms with Crippen LogP contribution in [0.5, 0.6) is 5.75 Å². The Balaban J connectivity index is 1.54. The molecule has 1 fully saturated rings. The first-order valence-corrected chi connectivity index (χ1v) is 12.1. The Hall–Kier alpha value is -4.57. The van der Waals surface area contributed by atoms with Gasteiger partial charge in [0.2, 0.25) is 11.9 Å². The molecule has 9 nitrogen and oxygen atoms in total. The molecule has 4 aromatic rings. The van der Waals surface area contributed by atoms with E-state index in [4.69, 9.17) is 9.72 Å². The summed E-state index contributed by atoms with van der Waals surface area (Å²) in [4.78, 5) is 29.8. The molecule has 0 saturated carbocycles. The van der Waals surface area contributed by atoms with Crippen molar-refractivity contribution in [2.24, 2.45) is 0 Å². The number of aromatic nitrogens is 3. The summed E-state index contributed by atoms with van der Waals surface area (Å²) in [5.74, 6) is 0.124. The minimum Gasteiger partial charge on any atom is -0.494 e. The van der Waals surface area contributed by atoms with Crippen molar-refractivity contribution in [3.63, 3.8) is 0 Å². The highest BCUT2D eigenvalue weighted by molar-refractivity contribution is 6.02. The van der Waals surface area contributed by atoms with Crippen LogP contribution in [0.1, 0.15) is 0 Å². The lowest BCUT2D eigenvalue weighted by atomic mass is 10.0. The zero-order valence-corrected chi connectivity index (χ0v) is 21.4. The number of likely N-dealkylation sites (N-methyl/N-ethyl adjacent to an activating group) is 2. The van der Waals surface area contributed by atoms with Crippen molar-refractivity contribution in [1.29, 1.82) is 0 Å². The summed E-state index contributed by atoms with van der Waals surface area (Å²) in [7, 11) is 5.65. The van der Waals surface area contributed by atoms with Crippen molar-refractivity contribution in [2.75, 3.05) is 49.8 Å². The monoisotopic (exact) mass is 513 g/mol. The van der Waals surface area contributed by atoms with Gasteiger partial charge in [0.25, 0.3) is 0 Å². The van der Waals surface area contributed by atoms with Gasteiger partial charge in [-0.05, 0) is 25.3 Å². The molecule has 1 aliphatic heterocycles. The summed E-state index contributed by atoms with van der Waals surface area (Å²) >= 11 is 0. The van der Waals surface area contributed by atoms with E-state index in [1.54, 1.807) is 25.6 Å². The van der Waals surface area contributed by atoms with Gasteiger partial charge in [-0.3, -0.25) is 9.78 Å². The number of anilines is 4. The lowest BCUT2D eigenvalue weighted by Gasteiger charge is -2.43. The molecule has 0 bridgehead atoms. The van der Waals surface area contributed by atoms with Gasteiger partial charge in [-0.1, -0.05) is 24.8 Å². The van der Waals surface area contributed by atoms with Gasteiger partial charge < -0.3 is 25.2 Å². The zero-order chi connectivity index (χ0) is 26.8. The van der Waals surface area contributed by atoms with E-state index in [-0.39, 0.29) is 5.91 Å². The van der Waals surface area contributed by atoms with Gasteiger partial charge in [0.05, 0.1) is 41.9 Å². The van der Waals surface area contributed by atoms with E-state index in [9.17, 15) is 9.18 Å². The zero-order valence-electron chi connectivity index (χ0n) is 21.4. The van der Waals surface area contributed by atoms with Crippen LogP contribution in [0.2, 0.25) is 0 Å². The van der Waals surface area contributed by atoms with Crippen LogP contribution in [0.15, 0.2) is 67.6 Å². The number of carbonyl (C=O) groups excluding carboxylic acids is 1. The summed E-state index contributed by atoms with van der Waals surface area (Å²) in [5.41, 5.74) is 3.97. The number of nitrogens with one attached hydrogen (secondary N) is 2. The van der Waals surface area contributed by atoms with E-state index in [1.165, 1.54) is 12.1 Å². The fraction of sp³-hybridized carbons (Fsp3) is 0.214. The molecule has 10 heteroatoms. The number of hydrogen-bond acceptors (Lipinski definition) is 8. The van der Waals surface area contributed by atoms with Crippen LogP contribution in [-0.4, -0.2) is 66.1 Å². The van der Waals surface area contributed by atoms with Gasteiger partial charge in [-0.2, -0.15) is 0 Å². The molecule has 0 aliphatic carbocycles. The van der Waals surface area contributed by atoms with Gasteiger partial charge in [-0.25, -0.2) is 14.4 Å². The molecule has 0 spiro atoms. The summed E-state index contributed by atoms with van der Waals surface area (Å²) in [5, 5.41) is 6.93. The number of benzene rings is 2. The van der Waals surface area contributed by atoms with E-state index in [2.05, 4.69) is 44.0 Å². The number of carbonyl (C=O) groups is 1. The van der Waals surface area contributed by atoms with Crippen molar-refractivity contribution in [1.82, 2.24) is 19.9 Å². The van der Waals surface area contributed by atoms with E-state index >= 15 is 0 Å². The van der Waals surface area contributed by atoms with Crippen LogP contribution in [0.4, 0.5) is 27.4 Å². The van der Waals surface area contributed by atoms with Crippen LogP contribution in [0.25, 0.3) is 22.0 Å². The third-order valence-corrected chi connectivity index (χ3v) is 6.61. The van der Waals surface area contributed by atoms with E-state index < -0.39 is 5.82 Å². The minimum absolute atomic E-state index is 0.308. The SMILES string of the molecule is C=CC(=O)Nc1cc(Nc2ncc3cccc(-c4cncc(F)c4)c3n2)c(OC)cc1N(C)C1CN(C)C1. The number of fused-ring (bicyclic) bond motifs is 1. The fourth-order valence-electron chi connectivity index (χ4n) is 4.55. The largest absolute Gasteiger partial charge is 0.494 e. The van der Waals surface area contributed by atoms with E-state index in [0.29, 0.717) is 40.2 Å². The molecule has 194 valence electrons. The van der Waals surface area contributed by atoms with Crippen molar-refractivity contribution in [3.05, 3.63) is 73.5 Å². The molecule has 1 aliphatic rings. The first-order valence-electron chi connectivity index (χ1n) is 12.1. The smallest absolute Gasteiger partial charge is 0.247 e. The van der Waals surface area contributed by atoms with Gasteiger partial charge in [0.1, 0.15) is 11.6 Å². The van der Waals surface area contributed by atoms with E-state index in [1.807, 2.05) is 31.3 Å². The Morgan fingerprint density at radius 3 is 2.74 bits per heavy atom. The summed E-state index contributed by atoms with van der Waals surface area (Å²) in [6, 6.07) is 11.0. The third kappa shape index (κ3) is 4.98. The lowest BCUT2D eigenvalue weighted by molar-refractivity contribution is -0.111. The van der Waals surface area contributed by atoms with Gasteiger partial charge in [0, 0.05) is 55.1 Å². The summed E-state index contributed by atoms with van der Waals surface area (Å²) < 4.78 is 19.6. The molecule has 5 rings (SSSR count). The molecule has 1 amide bonds. The molecule has 2 aromatic heterocycles. The second kappa shape index (κ2) is 10.4. The molecular formula is C28H28FN7O2. The average Bonchev–Trinajstić information content (AvgIpc) is 2.90. The normalized spacial score (nSPS) is 13.6. The minimum atomic E-state index is -0.427. The fourth-order valence-corrected chi connectivity index (χ4v) is 4.55. The number of likely N-dealkylation sites (tertiary alicyclic amines) is 1. The number of para-hydroxylation sites is 1. The Bertz CT molecular complexity index is 1520. The van der Waals surface area contributed by atoms with Gasteiger partial charge in [0.15, 0.2) is 0 Å². The van der Waals surface area contributed by atoms with Crippen molar-refractivity contribution in [3.8, 4) is 16.9 Å². The molecule has 0 radical (unpaired) electrons. The average molecular weight is 514 g/mol. The lowest BCUT2D eigenvalue weighted by Crippen LogP contribution is -2.56. The first-order chi connectivity index (χ1) is 18.4. The quantitative estimate of drug-likeness (QED) is 0.334. The number of rotatable bonds is 8. The highest BCUT2D eigenvalue weighted by Crippen LogP contribution is 2.39. The van der Waals surface area contributed by atoms with Gasteiger partial charge >= 0.3 is 0 Å². The molecule has 3 heterocycles. The molecule has 1 saturated heterocycles. The maximum atomic E-state index is 13.9. The van der Waals surface area contributed by atoms with Crippen molar-refractivity contribution >= 4 is 39.8 Å². The standard InChI is InChI=1S/C28H28FN7O2/c1-5-26(37)32-22-10-23(25(38-4)11-24(22)36(3)20-15-35(2)16-20)33-28-31-13-17-7-6-8-21(27(17)34-28)18-9-19(29)14-30-12-18/h5-14,20H,1,15-16H2,2-4H3,(H,32,37)(H,31,33,34). The third-order valence-electron chi connectivity index (χ3n) is 6.61. The molecule has 2 N–H and O–H groups in total. The van der Waals surface area contributed by atoms with Crippen LogP contribution in [0.3, 0.4) is 0 Å². The topological polar surface area (TPSA) is 95.5 Å². The van der Waals surface area contributed by atoms with Crippen LogP contribution in [-0.2, 0) is 4.79 Å². The number of amides is 1. The van der Waals surface area contributed by atoms with E-state index in [0.717, 1.165) is 35.9 Å². The number of methoxy groups -OCH3 is 1. The number of ether oxygens (including phenoxy) is 1. The Morgan fingerprint density at radius 1 is 1.21 bits per heavy atom. The highest BCUT2D eigenvalue weighted by atomic mass is 19.1. The Morgan fingerprint density at radius 2 is 2.03 bits per heavy atom. The van der Waals surface area contributed by atoms with Crippen molar-refractivity contribution in [2.45, 2.75) is 6.04 Å². The molecular weight excluding hydrogens is 485 g/mol. The Kier molecular flexibility index (Phi) is 6.89. The molecule has 0 unspecified atom stereocenters. The number of pyridine rings is 1.